The van der Waals surface area contributed by atoms with Gasteiger partial charge >= 0.3 is 11.9 Å². The number of aliphatic hydroxyl groups excluding tert-OH is 3. The van der Waals surface area contributed by atoms with E-state index in [2.05, 4.69) is 0 Å². The summed E-state index contributed by atoms with van der Waals surface area (Å²) in [6.07, 6.45) is -8.94. The van der Waals surface area contributed by atoms with Crippen LogP contribution in [-0.2, 0) is 9.47 Å². The van der Waals surface area contributed by atoms with Crippen molar-refractivity contribution in [2.75, 3.05) is 6.61 Å². The van der Waals surface area contributed by atoms with Gasteiger partial charge < -0.3 is 60.2 Å². The molecule has 2 aromatic carbocycles. The molecule has 1 heterocycles. The van der Waals surface area contributed by atoms with Crippen molar-refractivity contribution >= 4 is 11.9 Å². The predicted molar refractivity (Wildman–Crippen MR) is 106 cm³/mol. The standard InChI is InChI=1S/C20H20O14/c21-8-2-7(3-9(22)13(8)24)19(31)32-5-12-15(26)16(27)17(28)20(34-12)33-11-4-6(18(29)30)1-10(23)14(11)25/h1-4,12,15-17,20-28H,5H2,(H,29,30)/t12-,15-,16+,17+,20-/m0/s1. The van der Waals surface area contributed by atoms with Crippen molar-refractivity contribution in [2.24, 2.45) is 0 Å². The van der Waals surface area contributed by atoms with E-state index in [1.54, 1.807) is 0 Å². The van der Waals surface area contributed by atoms with E-state index in [1.165, 1.54) is 0 Å². The Morgan fingerprint density at radius 1 is 0.794 bits per heavy atom. The van der Waals surface area contributed by atoms with Crippen molar-refractivity contribution in [3.05, 3.63) is 35.4 Å². The van der Waals surface area contributed by atoms with Gasteiger partial charge in [0.2, 0.25) is 12.0 Å². The highest BCUT2D eigenvalue weighted by atomic mass is 16.7. The van der Waals surface area contributed by atoms with Crippen molar-refractivity contribution in [2.45, 2.75) is 30.7 Å². The molecule has 1 fully saturated rings. The Hall–Kier alpha value is -3.98. The molecule has 14 nitrogen and oxygen atoms in total. The number of esters is 1. The Labute approximate surface area is 189 Å². The molecular formula is C20H20O14. The highest BCUT2D eigenvalue weighted by molar-refractivity contribution is 5.91. The van der Waals surface area contributed by atoms with E-state index in [1.807, 2.05) is 0 Å². The van der Waals surface area contributed by atoms with Gasteiger partial charge in [-0.2, -0.15) is 0 Å². The minimum absolute atomic E-state index is 0.377. The van der Waals surface area contributed by atoms with Crippen LogP contribution in [0, 0.1) is 0 Å². The molecule has 9 N–H and O–H groups in total. The number of hydrogen-bond acceptors (Lipinski definition) is 13. The number of hydrogen-bond donors (Lipinski definition) is 9. The highest BCUT2D eigenvalue weighted by Gasteiger charge is 2.46. The van der Waals surface area contributed by atoms with Crippen LogP contribution in [0.15, 0.2) is 24.3 Å². The predicted octanol–water partition coefficient (Wildman–Crippen LogP) is -1.04. The molecule has 0 spiro atoms. The van der Waals surface area contributed by atoms with Gasteiger partial charge in [0.15, 0.2) is 28.7 Å². The molecule has 34 heavy (non-hydrogen) atoms. The zero-order chi connectivity index (χ0) is 25.3. The largest absolute Gasteiger partial charge is 0.504 e. The van der Waals surface area contributed by atoms with E-state index < -0.39 is 89.3 Å². The minimum atomic E-state index is -1.91. The van der Waals surface area contributed by atoms with E-state index >= 15 is 0 Å². The first-order chi connectivity index (χ1) is 15.9. The summed E-state index contributed by atoms with van der Waals surface area (Å²) >= 11 is 0. The molecule has 0 amide bonds. The average Bonchev–Trinajstić information content (AvgIpc) is 2.78. The SMILES string of the molecule is O=C(O)c1cc(O)c(O)c(O[C@H]2O[C@@H](COC(=O)c3cc(O)c(O)c(O)c3)[C@H](O)[C@@H](O)[C@H]2O)c1. The van der Waals surface area contributed by atoms with Gasteiger partial charge in [-0.05, 0) is 24.3 Å². The Bertz CT molecular complexity index is 1080. The summed E-state index contributed by atoms with van der Waals surface area (Å²) in [6, 6.07) is 3.14. The van der Waals surface area contributed by atoms with Crippen LogP contribution in [0.4, 0.5) is 0 Å². The van der Waals surface area contributed by atoms with E-state index in [0.717, 1.165) is 24.3 Å². The fourth-order valence-electron chi connectivity index (χ4n) is 3.05. The molecule has 0 aliphatic carbocycles. The average molecular weight is 484 g/mol. The van der Waals surface area contributed by atoms with Crippen LogP contribution < -0.4 is 4.74 Å². The summed E-state index contributed by atoms with van der Waals surface area (Å²) in [5.41, 5.74) is -0.862. The topological polar surface area (TPSA) is 244 Å². The zero-order valence-corrected chi connectivity index (χ0v) is 17.0. The van der Waals surface area contributed by atoms with Crippen LogP contribution in [0.1, 0.15) is 20.7 Å². The van der Waals surface area contributed by atoms with Gasteiger partial charge in [-0.25, -0.2) is 9.59 Å². The van der Waals surface area contributed by atoms with Crippen molar-refractivity contribution in [3.8, 4) is 34.5 Å². The first-order valence-electron chi connectivity index (χ1n) is 9.48. The van der Waals surface area contributed by atoms with Crippen LogP contribution in [0.2, 0.25) is 0 Å². The maximum Gasteiger partial charge on any atom is 0.338 e. The number of carboxylic acid groups (broad SMARTS) is 1. The molecular weight excluding hydrogens is 464 g/mol. The molecule has 2 aromatic rings. The molecule has 3 rings (SSSR count). The summed E-state index contributed by atoms with van der Waals surface area (Å²) in [7, 11) is 0. The molecule has 1 aliphatic heterocycles. The lowest BCUT2D eigenvalue weighted by atomic mass is 9.99. The first-order valence-corrected chi connectivity index (χ1v) is 9.48. The molecule has 0 radical (unpaired) electrons. The summed E-state index contributed by atoms with van der Waals surface area (Å²) < 4.78 is 15.4. The monoisotopic (exact) mass is 484 g/mol. The molecule has 14 heteroatoms. The summed E-state index contributed by atoms with van der Waals surface area (Å²) in [6.45, 7) is -0.738. The molecule has 5 atom stereocenters. The Morgan fingerprint density at radius 2 is 1.35 bits per heavy atom. The van der Waals surface area contributed by atoms with Gasteiger partial charge in [0.25, 0.3) is 0 Å². The second kappa shape index (κ2) is 9.48. The first kappa shape index (κ1) is 24.7. The summed E-state index contributed by atoms with van der Waals surface area (Å²) in [5, 5.41) is 87.4. The Balaban J connectivity index is 1.75. The van der Waals surface area contributed by atoms with Crippen molar-refractivity contribution in [1.82, 2.24) is 0 Å². The third kappa shape index (κ3) is 4.84. The van der Waals surface area contributed by atoms with Gasteiger partial charge in [0.05, 0.1) is 11.1 Å². The number of aliphatic hydroxyl groups is 3. The van der Waals surface area contributed by atoms with Crippen LogP contribution in [-0.4, -0.2) is 95.2 Å². The highest BCUT2D eigenvalue weighted by Crippen LogP contribution is 2.39. The number of aromatic hydroxyl groups is 5. The van der Waals surface area contributed by atoms with E-state index in [4.69, 9.17) is 19.3 Å². The molecule has 0 aromatic heterocycles. The Morgan fingerprint density at radius 3 is 1.94 bits per heavy atom. The molecule has 184 valence electrons. The third-order valence-electron chi connectivity index (χ3n) is 4.90. The van der Waals surface area contributed by atoms with Gasteiger partial charge in [0.1, 0.15) is 31.0 Å². The number of aromatic carboxylic acids is 1. The fourth-order valence-corrected chi connectivity index (χ4v) is 3.05. The number of ether oxygens (including phenoxy) is 3. The van der Waals surface area contributed by atoms with Crippen LogP contribution >= 0.6 is 0 Å². The summed E-state index contributed by atoms with van der Waals surface area (Å²) in [5.74, 6) is -7.45. The normalized spacial score (nSPS) is 24.4. The molecule has 0 saturated carbocycles. The number of benzene rings is 2. The lowest BCUT2D eigenvalue weighted by molar-refractivity contribution is -0.277. The number of carbonyl (C=O) groups is 2. The second-order valence-corrected chi connectivity index (χ2v) is 7.24. The summed E-state index contributed by atoms with van der Waals surface area (Å²) in [4.78, 5) is 23.3. The Kier molecular flexibility index (Phi) is 6.88. The quantitative estimate of drug-likeness (QED) is 0.176. The van der Waals surface area contributed by atoms with E-state index in [9.17, 15) is 50.4 Å². The van der Waals surface area contributed by atoms with Crippen LogP contribution in [0.3, 0.4) is 0 Å². The second-order valence-electron chi connectivity index (χ2n) is 7.24. The lowest BCUT2D eigenvalue weighted by Gasteiger charge is -2.39. The van der Waals surface area contributed by atoms with Gasteiger partial charge in [-0.1, -0.05) is 0 Å². The van der Waals surface area contributed by atoms with Crippen molar-refractivity contribution < 1.29 is 69.8 Å². The third-order valence-corrected chi connectivity index (χ3v) is 4.90. The van der Waals surface area contributed by atoms with Gasteiger partial charge in [-0.15, -0.1) is 0 Å². The van der Waals surface area contributed by atoms with E-state index in [0.29, 0.717) is 0 Å². The fraction of sp³-hybridized carbons (Fsp3) is 0.300. The zero-order valence-electron chi connectivity index (χ0n) is 17.0. The smallest absolute Gasteiger partial charge is 0.338 e. The number of carboxylic acids is 1. The molecule has 1 saturated heterocycles. The lowest BCUT2D eigenvalue weighted by Crippen LogP contribution is -2.60. The van der Waals surface area contributed by atoms with E-state index in [-0.39, 0.29) is 5.56 Å². The van der Waals surface area contributed by atoms with Crippen molar-refractivity contribution in [1.29, 1.82) is 0 Å². The molecule has 0 bridgehead atoms. The van der Waals surface area contributed by atoms with Gasteiger partial charge in [-0.3, -0.25) is 0 Å². The molecule has 1 aliphatic rings. The van der Waals surface area contributed by atoms with Crippen LogP contribution in [0.25, 0.3) is 0 Å². The molecule has 0 unspecified atom stereocenters. The maximum absolute atomic E-state index is 12.2. The minimum Gasteiger partial charge on any atom is -0.504 e. The number of phenols is 5. The van der Waals surface area contributed by atoms with Gasteiger partial charge in [0, 0.05) is 0 Å². The number of rotatable bonds is 6. The maximum atomic E-state index is 12.2. The van der Waals surface area contributed by atoms with Crippen LogP contribution in [0.5, 0.6) is 34.5 Å². The van der Waals surface area contributed by atoms with Crippen molar-refractivity contribution in [3.63, 3.8) is 0 Å². The number of phenolic OH excluding ortho intramolecular Hbond substituents is 5. The number of carbonyl (C=O) groups excluding carboxylic acids is 1.